The van der Waals surface area contributed by atoms with E-state index < -0.39 is 0 Å². The van der Waals surface area contributed by atoms with Gasteiger partial charge in [-0.3, -0.25) is 4.68 Å². The molecule has 1 aliphatic heterocycles. The van der Waals surface area contributed by atoms with E-state index >= 15 is 0 Å². The Labute approximate surface area is 96.2 Å². The highest BCUT2D eigenvalue weighted by atomic mass is 16.5. The van der Waals surface area contributed by atoms with E-state index in [0.29, 0.717) is 5.92 Å². The van der Waals surface area contributed by atoms with Crippen molar-refractivity contribution in [3.05, 3.63) is 6.20 Å². The third-order valence-electron chi connectivity index (χ3n) is 3.15. The standard InChI is InChI=1S/C11H20N4O/c1-14-7-10(12)11(13-14)15-5-3-9(4-6-15)8-16-2/h7,9H,3-6,8,12H2,1-2H3. The highest BCUT2D eigenvalue weighted by Gasteiger charge is 2.22. The zero-order valence-corrected chi connectivity index (χ0v) is 10.0. The maximum absolute atomic E-state index is 5.92. The van der Waals surface area contributed by atoms with Crippen molar-refractivity contribution in [3.8, 4) is 0 Å². The molecule has 1 aromatic rings. The lowest BCUT2D eigenvalue weighted by Crippen LogP contribution is -2.35. The highest BCUT2D eigenvalue weighted by molar-refractivity contribution is 5.61. The van der Waals surface area contributed by atoms with E-state index in [-0.39, 0.29) is 0 Å². The largest absolute Gasteiger partial charge is 0.394 e. The number of piperidine rings is 1. The smallest absolute Gasteiger partial charge is 0.173 e. The fourth-order valence-electron chi connectivity index (χ4n) is 2.29. The van der Waals surface area contributed by atoms with Crippen LogP contribution in [0.5, 0.6) is 0 Å². The van der Waals surface area contributed by atoms with Crippen LogP contribution in [0.1, 0.15) is 12.8 Å². The molecule has 0 aromatic carbocycles. The van der Waals surface area contributed by atoms with Gasteiger partial charge in [0.15, 0.2) is 5.82 Å². The molecular formula is C11H20N4O. The molecule has 0 saturated carbocycles. The third kappa shape index (κ3) is 2.29. The van der Waals surface area contributed by atoms with Gasteiger partial charge in [-0.2, -0.15) is 5.10 Å². The Balaban J connectivity index is 1.96. The van der Waals surface area contributed by atoms with Gasteiger partial charge in [-0.05, 0) is 18.8 Å². The molecule has 2 heterocycles. The first-order valence-electron chi connectivity index (χ1n) is 5.73. The molecule has 0 unspecified atom stereocenters. The summed E-state index contributed by atoms with van der Waals surface area (Å²) in [5, 5.41) is 4.39. The molecule has 1 fully saturated rings. The summed E-state index contributed by atoms with van der Waals surface area (Å²) < 4.78 is 6.96. The molecule has 1 aromatic heterocycles. The van der Waals surface area contributed by atoms with Gasteiger partial charge in [0.25, 0.3) is 0 Å². The number of anilines is 2. The molecule has 1 saturated heterocycles. The molecule has 0 atom stereocenters. The Morgan fingerprint density at radius 1 is 1.50 bits per heavy atom. The summed E-state index contributed by atoms with van der Waals surface area (Å²) in [5.74, 6) is 1.62. The number of methoxy groups -OCH3 is 1. The first-order valence-corrected chi connectivity index (χ1v) is 5.73. The molecule has 5 heteroatoms. The minimum Gasteiger partial charge on any atom is -0.394 e. The SMILES string of the molecule is COCC1CCN(c2nn(C)cc2N)CC1. The van der Waals surface area contributed by atoms with Crippen LogP contribution in [0, 0.1) is 5.92 Å². The number of hydrogen-bond donors (Lipinski definition) is 1. The third-order valence-corrected chi connectivity index (χ3v) is 3.15. The molecule has 5 nitrogen and oxygen atoms in total. The number of nitrogen functional groups attached to an aromatic ring is 1. The van der Waals surface area contributed by atoms with E-state index in [4.69, 9.17) is 10.5 Å². The van der Waals surface area contributed by atoms with Gasteiger partial charge in [-0.1, -0.05) is 0 Å². The van der Waals surface area contributed by atoms with Gasteiger partial charge in [-0.15, -0.1) is 0 Å². The van der Waals surface area contributed by atoms with Gasteiger partial charge >= 0.3 is 0 Å². The Morgan fingerprint density at radius 2 is 2.19 bits per heavy atom. The van der Waals surface area contributed by atoms with Gasteiger partial charge in [0.05, 0.1) is 5.69 Å². The molecule has 0 bridgehead atoms. The van der Waals surface area contributed by atoms with Crippen LogP contribution in [0.4, 0.5) is 11.5 Å². The molecule has 16 heavy (non-hydrogen) atoms. The Bertz CT molecular complexity index is 342. The van der Waals surface area contributed by atoms with Crippen LogP contribution in [0.3, 0.4) is 0 Å². The molecule has 2 rings (SSSR count). The van der Waals surface area contributed by atoms with Crippen molar-refractivity contribution in [1.82, 2.24) is 9.78 Å². The molecule has 2 N–H and O–H groups in total. The van der Waals surface area contributed by atoms with E-state index in [1.807, 2.05) is 13.2 Å². The summed E-state index contributed by atoms with van der Waals surface area (Å²) in [4.78, 5) is 2.27. The van der Waals surface area contributed by atoms with Crippen molar-refractivity contribution in [1.29, 1.82) is 0 Å². The fraction of sp³-hybridized carbons (Fsp3) is 0.727. The van der Waals surface area contributed by atoms with Crippen LogP contribution in [0.2, 0.25) is 0 Å². The normalized spacial score (nSPS) is 18.0. The average molecular weight is 224 g/mol. The summed E-state index contributed by atoms with van der Waals surface area (Å²) in [7, 11) is 3.67. The van der Waals surface area contributed by atoms with Crippen LogP contribution in [-0.2, 0) is 11.8 Å². The van der Waals surface area contributed by atoms with Crippen molar-refractivity contribution >= 4 is 11.5 Å². The van der Waals surface area contributed by atoms with E-state index in [1.54, 1.807) is 11.8 Å². The number of aromatic nitrogens is 2. The van der Waals surface area contributed by atoms with Gasteiger partial charge < -0.3 is 15.4 Å². The topological polar surface area (TPSA) is 56.3 Å². The van der Waals surface area contributed by atoms with Crippen molar-refractivity contribution < 1.29 is 4.74 Å². The van der Waals surface area contributed by atoms with Gasteiger partial charge in [0.2, 0.25) is 0 Å². The van der Waals surface area contributed by atoms with Crippen molar-refractivity contribution in [2.75, 3.05) is 37.4 Å². The molecule has 0 amide bonds. The summed E-state index contributed by atoms with van der Waals surface area (Å²) in [5.41, 5.74) is 6.69. The molecule has 0 aliphatic carbocycles. The average Bonchev–Trinajstić information content (AvgIpc) is 2.59. The van der Waals surface area contributed by atoms with Crippen LogP contribution in [0.15, 0.2) is 6.20 Å². The lowest BCUT2D eigenvalue weighted by Gasteiger charge is -2.31. The Hall–Kier alpha value is -1.23. The Morgan fingerprint density at radius 3 is 2.69 bits per heavy atom. The second-order valence-corrected chi connectivity index (χ2v) is 4.47. The molecule has 90 valence electrons. The maximum Gasteiger partial charge on any atom is 0.173 e. The number of nitrogens with zero attached hydrogens (tertiary/aromatic N) is 3. The van der Waals surface area contributed by atoms with Crippen molar-refractivity contribution in [2.24, 2.45) is 13.0 Å². The first-order chi connectivity index (χ1) is 7.70. The monoisotopic (exact) mass is 224 g/mol. The van der Waals surface area contributed by atoms with E-state index in [2.05, 4.69) is 10.00 Å². The zero-order chi connectivity index (χ0) is 11.5. The van der Waals surface area contributed by atoms with Crippen molar-refractivity contribution in [3.63, 3.8) is 0 Å². The van der Waals surface area contributed by atoms with Crippen LogP contribution >= 0.6 is 0 Å². The second kappa shape index (κ2) is 4.74. The minimum absolute atomic E-state index is 0.686. The summed E-state index contributed by atoms with van der Waals surface area (Å²) in [6, 6.07) is 0. The summed E-state index contributed by atoms with van der Waals surface area (Å²) in [6.45, 7) is 2.91. The Kier molecular flexibility index (Phi) is 3.33. The quantitative estimate of drug-likeness (QED) is 0.827. The molecule has 1 aliphatic rings. The molecular weight excluding hydrogens is 204 g/mol. The summed E-state index contributed by atoms with van der Waals surface area (Å²) >= 11 is 0. The van der Waals surface area contributed by atoms with E-state index in [1.165, 1.54) is 0 Å². The molecule has 0 radical (unpaired) electrons. The van der Waals surface area contributed by atoms with Crippen molar-refractivity contribution in [2.45, 2.75) is 12.8 Å². The van der Waals surface area contributed by atoms with E-state index in [0.717, 1.165) is 44.0 Å². The lowest BCUT2D eigenvalue weighted by molar-refractivity contribution is 0.139. The van der Waals surface area contributed by atoms with E-state index in [9.17, 15) is 0 Å². The van der Waals surface area contributed by atoms with Gasteiger partial charge in [0.1, 0.15) is 0 Å². The van der Waals surface area contributed by atoms with Crippen LogP contribution < -0.4 is 10.6 Å². The number of nitrogens with two attached hydrogens (primary N) is 1. The maximum atomic E-state index is 5.92. The second-order valence-electron chi connectivity index (χ2n) is 4.47. The van der Waals surface area contributed by atoms with Gasteiger partial charge in [0, 0.05) is 40.1 Å². The minimum atomic E-state index is 0.686. The number of hydrogen-bond acceptors (Lipinski definition) is 4. The predicted molar refractivity (Wildman–Crippen MR) is 64.4 cm³/mol. The summed E-state index contributed by atoms with van der Waals surface area (Å²) in [6.07, 6.45) is 4.17. The fourth-order valence-corrected chi connectivity index (χ4v) is 2.29. The lowest BCUT2D eigenvalue weighted by atomic mass is 9.98. The van der Waals surface area contributed by atoms with Gasteiger partial charge in [-0.25, -0.2) is 0 Å². The predicted octanol–water partition coefficient (Wildman–Crippen LogP) is 0.865. The zero-order valence-electron chi connectivity index (χ0n) is 10.0. The molecule has 0 spiro atoms. The number of rotatable bonds is 3. The van der Waals surface area contributed by atoms with Crippen LogP contribution in [0.25, 0.3) is 0 Å². The first kappa shape index (κ1) is 11.3. The highest BCUT2D eigenvalue weighted by Crippen LogP contribution is 2.26. The number of aryl methyl sites for hydroxylation is 1. The number of ether oxygens (including phenoxy) is 1. The van der Waals surface area contributed by atoms with Crippen LogP contribution in [-0.4, -0.2) is 36.6 Å².